The van der Waals surface area contributed by atoms with Gasteiger partial charge in [-0.25, -0.2) is 8.78 Å². The summed E-state index contributed by atoms with van der Waals surface area (Å²) >= 11 is 0. The molecule has 0 spiro atoms. The molecule has 0 radical (unpaired) electrons. The van der Waals surface area contributed by atoms with Gasteiger partial charge < -0.3 is 10.2 Å². The van der Waals surface area contributed by atoms with Crippen LogP contribution in [0.1, 0.15) is 6.92 Å². The van der Waals surface area contributed by atoms with E-state index in [-0.39, 0.29) is 24.0 Å². The molecule has 0 unspecified atom stereocenters. The lowest BCUT2D eigenvalue weighted by Gasteiger charge is -2.33. The molecule has 1 aliphatic heterocycles. The maximum absolute atomic E-state index is 13.4. The number of piperazine rings is 1. The normalized spacial score (nSPS) is 15.9. The maximum atomic E-state index is 13.4. The Morgan fingerprint density at radius 2 is 1.86 bits per heavy atom. The van der Waals surface area contributed by atoms with Crippen LogP contribution < -0.4 is 5.32 Å². The molecule has 5 nitrogen and oxygen atoms in total. The lowest BCUT2D eigenvalue weighted by molar-refractivity contribution is -0.130. The topological polar surface area (TPSA) is 52.7 Å². The minimum absolute atomic E-state index is 0.0208. The third-order valence-electron chi connectivity index (χ3n) is 3.39. The van der Waals surface area contributed by atoms with Gasteiger partial charge in [0.2, 0.25) is 11.8 Å². The van der Waals surface area contributed by atoms with Gasteiger partial charge in [-0.05, 0) is 12.1 Å². The molecule has 1 fully saturated rings. The number of nitrogens with zero attached hydrogens (tertiary/aromatic N) is 2. The Bertz CT molecular complexity index is 543. The Morgan fingerprint density at radius 1 is 1.19 bits per heavy atom. The minimum Gasteiger partial charge on any atom is -0.340 e. The summed E-state index contributed by atoms with van der Waals surface area (Å²) in [5.74, 6) is -1.83. The first-order valence-corrected chi connectivity index (χ1v) is 6.68. The van der Waals surface area contributed by atoms with Gasteiger partial charge in [-0.1, -0.05) is 0 Å². The highest BCUT2D eigenvalue weighted by atomic mass is 19.1. The largest absolute Gasteiger partial charge is 0.340 e. The first-order valence-electron chi connectivity index (χ1n) is 6.68. The predicted molar refractivity (Wildman–Crippen MR) is 73.7 cm³/mol. The average Bonchev–Trinajstić information content (AvgIpc) is 2.42. The number of carbonyl (C=O) groups is 2. The van der Waals surface area contributed by atoms with Crippen LogP contribution >= 0.6 is 0 Å². The van der Waals surface area contributed by atoms with Crippen molar-refractivity contribution in [1.29, 1.82) is 0 Å². The summed E-state index contributed by atoms with van der Waals surface area (Å²) in [4.78, 5) is 26.6. The number of hydrogen-bond donors (Lipinski definition) is 1. The van der Waals surface area contributed by atoms with Crippen molar-refractivity contribution in [1.82, 2.24) is 9.80 Å². The lowest BCUT2D eigenvalue weighted by Crippen LogP contribution is -2.49. The molecule has 2 rings (SSSR count). The SMILES string of the molecule is CC(=O)N1CCN(CC(=O)Nc2ccc(F)cc2F)CC1. The number of benzene rings is 1. The third kappa shape index (κ3) is 4.22. The second kappa shape index (κ2) is 6.62. The van der Waals surface area contributed by atoms with Crippen molar-refractivity contribution >= 4 is 17.5 Å². The van der Waals surface area contributed by atoms with Crippen LogP contribution in [0.5, 0.6) is 0 Å². The van der Waals surface area contributed by atoms with Gasteiger partial charge in [0.1, 0.15) is 11.6 Å². The Kier molecular flexibility index (Phi) is 4.85. The van der Waals surface area contributed by atoms with Crippen molar-refractivity contribution in [3.05, 3.63) is 29.8 Å². The number of anilines is 1. The van der Waals surface area contributed by atoms with Gasteiger partial charge in [-0.2, -0.15) is 0 Å². The molecule has 1 heterocycles. The van der Waals surface area contributed by atoms with E-state index in [4.69, 9.17) is 0 Å². The van der Waals surface area contributed by atoms with Crippen LogP contribution in [0.25, 0.3) is 0 Å². The molecule has 7 heteroatoms. The van der Waals surface area contributed by atoms with E-state index >= 15 is 0 Å². The van der Waals surface area contributed by atoms with Gasteiger partial charge in [0.05, 0.1) is 12.2 Å². The van der Waals surface area contributed by atoms with Crippen LogP contribution in [0.4, 0.5) is 14.5 Å². The van der Waals surface area contributed by atoms with Crippen molar-refractivity contribution in [2.45, 2.75) is 6.92 Å². The van der Waals surface area contributed by atoms with E-state index in [0.717, 1.165) is 12.1 Å². The Labute approximate surface area is 121 Å². The highest BCUT2D eigenvalue weighted by molar-refractivity contribution is 5.92. The first-order chi connectivity index (χ1) is 9.95. The molecular formula is C14H17F2N3O2. The van der Waals surface area contributed by atoms with E-state index in [0.29, 0.717) is 26.2 Å². The number of amides is 2. The number of hydrogen-bond acceptors (Lipinski definition) is 3. The van der Waals surface area contributed by atoms with E-state index in [1.165, 1.54) is 13.0 Å². The smallest absolute Gasteiger partial charge is 0.238 e. The highest BCUT2D eigenvalue weighted by Gasteiger charge is 2.20. The summed E-state index contributed by atoms with van der Waals surface area (Å²) < 4.78 is 26.2. The summed E-state index contributed by atoms with van der Waals surface area (Å²) in [6, 6.07) is 3.00. The van der Waals surface area contributed by atoms with E-state index in [9.17, 15) is 18.4 Å². The Morgan fingerprint density at radius 3 is 2.43 bits per heavy atom. The van der Waals surface area contributed by atoms with Crippen LogP contribution in [-0.4, -0.2) is 54.3 Å². The summed E-state index contributed by atoms with van der Waals surface area (Å²) in [6.07, 6.45) is 0. The van der Waals surface area contributed by atoms with Crippen LogP contribution in [0.15, 0.2) is 18.2 Å². The van der Waals surface area contributed by atoms with Gasteiger partial charge >= 0.3 is 0 Å². The Balaban J connectivity index is 1.84. The minimum atomic E-state index is -0.801. The zero-order chi connectivity index (χ0) is 15.4. The van der Waals surface area contributed by atoms with Crippen molar-refractivity contribution in [3.63, 3.8) is 0 Å². The molecule has 0 aromatic heterocycles. The molecular weight excluding hydrogens is 280 g/mol. The van der Waals surface area contributed by atoms with Gasteiger partial charge in [0.25, 0.3) is 0 Å². The predicted octanol–water partition coefficient (Wildman–Crippen LogP) is 1.07. The number of halogens is 2. The van der Waals surface area contributed by atoms with Crippen LogP contribution in [0.2, 0.25) is 0 Å². The second-order valence-corrected chi connectivity index (χ2v) is 4.95. The fourth-order valence-electron chi connectivity index (χ4n) is 2.20. The van der Waals surface area contributed by atoms with Crippen molar-refractivity contribution in [3.8, 4) is 0 Å². The number of nitrogens with one attached hydrogen (secondary N) is 1. The molecule has 114 valence electrons. The van der Waals surface area contributed by atoms with Crippen molar-refractivity contribution < 1.29 is 18.4 Å². The molecule has 2 amide bonds. The van der Waals surface area contributed by atoms with Gasteiger partial charge in [0, 0.05) is 39.2 Å². The zero-order valence-corrected chi connectivity index (χ0v) is 11.7. The third-order valence-corrected chi connectivity index (χ3v) is 3.39. The van der Waals surface area contributed by atoms with Crippen molar-refractivity contribution in [2.75, 3.05) is 38.0 Å². The van der Waals surface area contributed by atoms with Gasteiger partial charge in [-0.3, -0.25) is 14.5 Å². The van der Waals surface area contributed by atoms with Gasteiger partial charge in [0.15, 0.2) is 0 Å². The molecule has 1 N–H and O–H groups in total. The molecule has 0 saturated carbocycles. The lowest BCUT2D eigenvalue weighted by atomic mass is 10.2. The fraction of sp³-hybridized carbons (Fsp3) is 0.429. The monoisotopic (exact) mass is 297 g/mol. The molecule has 1 saturated heterocycles. The van der Waals surface area contributed by atoms with E-state index in [1.807, 2.05) is 4.90 Å². The summed E-state index contributed by atoms with van der Waals surface area (Å²) in [7, 11) is 0. The summed E-state index contributed by atoms with van der Waals surface area (Å²) in [6.45, 7) is 3.97. The number of carbonyl (C=O) groups excluding carboxylic acids is 2. The fourth-order valence-corrected chi connectivity index (χ4v) is 2.20. The van der Waals surface area contributed by atoms with E-state index in [1.54, 1.807) is 4.90 Å². The maximum Gasteiger partial charge on any atom is 0.238 e. The van der Waals surface area contributed by atoms with Crippen LogP contribution in [0, 0.1) is 11.6 Å². The molecule has 0 atom stereocenters. The van der Waals surface area contributed by atoms with Crippen molar-refractivity contribution in [2.24, 2.45) is 0 Å². The molecule has 1 aromatic carbocycles. The van der Waals surface area contributed by atoms with Crippen LogP contribution in [-0.2, 0) is 9.59 Å². The first kappa shape index (κ1) is 15.4. The zero-order valence-electron chi connectivity index (χ0n) is 11.7. The highest BCUT2D eigenvalue weighted by Crippen LogP contribution is 2.15. The Hall–Kier alpha value is -2.02. The molecule has 0 aliphatic carbocycles. The number of rotatable bonds is 3. The second-order valence-electron chi connectivity index (χ2n) is 4.95. The summed E-state index contributed by atoms with van der Waals surface area (Å²) in [5, 5.41) is 2.42. The molecule has 1 aliphatic rings. The molecule has 1 aromatic rings. The standard InChI is InChI=1S/C14H17F2N3O2/c1-10(20)19-6-4-18(5-7-19)9-14(21)17-13-3-2-11(15)8-12(13)16/h2-3,8H,4-7,9H2,1H3,(H,17,21). The molecule has 21 heavy (non-hydrogen) atoms. The summed E-state index contributed by atoms with van der Waals surface area (Å²) in [5.41, 5.74) is -0.0382. The average molecular weight is 297 g/mol. The van der Waals surface area contributed by atoms with E-state index in [2.05, 4.69) is 5.32 Å². The quantitative estimate of drug-likeness (QED) is 0.908. The molecule has 0 bridgehead atoms. The van der Waals surface area contributed by atoms with Gasteiger partial charge in [-0.15, -0.1) is 0 Å². The van der Waals surface area contributed by atoms with Crippen LogP contribution in [0.3, 0.4) is 0 Å². The van der Waals surface area contributed by atoms with E-state index < -0.39 is 11.6 Å².